The van der Waals surface area contributed by atoms with Gasteiger partial charge >= 0.3 is 6.18 Å². The van der Waals surface area contributed by atoms with Gasteiger partial charge in [0.25, 0.3) is 5.56 Å². The Morgan fingerprint density at radius 1 is 1.13 bits per heavy atom. The van der Waals surface area contributed by atoms with Crippen LogP contribution < -0.4 is 11.3 Å². The lowest BCUT2D eigenvalue weighted by Gasteiger charge is -2.17. The van der Waals surface area contributed by atoms with Crippen LogP contribution >= 0.6 is 11.6 Å². The Balaban J connectivity index is 1.42. The summed E-state index contributed by atoms with van der Waals surface area (Å²) in [5.41, 5.74) is 6.74. The SMILES string of the molecule is C[C@H]1Cc2cc(-c3cc(Cl)ccc3-n3cnnn3)cc(=O)n2[C@@H]1c1ncc(-c2ccc(N)nc2C(F)(F)F)[nH]1. The molecule has 0 saturated carbocycles. The summed E-state index contributed by atoms with van der Waals surface area (Å²) in [6.07, 6.45) is -1.41. The molecule has 198 valence electrons. The van der Waals surface area contributed by atoms with Crippen LogP contribution in [0.3, 0.4) is 0 Å². The highest BCUT2D eigenvalue weighted by Crippen LogP contribution is 2.39. The molecule has 2 atom stereocenters. The monoisotopic (exact) mass is 553 g/mol. The number of rotatable bonds is 4. The number of aromatic nitrogens is 8. The smallest absolute Gasteiger partial charge is 0.384 e. The third kappa shape index (κ3) is 4.34. The van der Waals surface area contributed by atoms with Gasteiger partial charge in [-0.3, -0.25) is 4.79 Å². The molecule has 4 aromatic heterocycles. The number of nitrogens with two attached hydrogens (primary N) is 1. The molecule has 0 fully saturated rings. The number of H-pyrrole nitrogens is 1. The predicted octanol–water partition coefficient (Wildman–Crippen LogP) is 4.31. The van der Waals surface area contributed by atoms with Crippen LogP contribution in [0.2, 0.25) is 5.02 Å². The second-order valence-electron chi connectivity index (χ2n) is 9.30. The fourth-order valence-corrected chi connectivity index (χ4v) is 5.27. The molecule has 1 aromatic carbocycles. The summed E-state index contributed by atoms with van der Waals surface area (Å²) in [6, 6.07) is 10.6. The number of nitrogens with zero attached hydrogens (tertiary/aromatic N) is 7. The lowest BCUT2D eigenvalue weighted by atomic mass is 10.0. The lowest BCUT2D eigenvalue weighted by Crippen LogP contribution is -2.25. The molecule has 0 unspecified atom stereocenters. The van der Waals surface area contributed by atoms with Crippen molar-refractivity contribution in [3.8, 4) is 28.1 Å². The van der Waals surface area contributed by atoms with Crippen molar-refractivity contribution in [2.24, 2.45) is 5.92 Å². The normalized spacial score (nSPS) is 16.9. The highest BCUT2D eigenvalue weighted by Gasteiger charge is 2.38. The Labute approximate surface area is 223 Å². The van der Waals surface area contributed by atoms with Gasteiger partial charge in [0.15, 0.2) is 5.69 Å². The number of nitrogens with one attached hydrogen (secondary N) is 1. The van der Waals surface area contributed by atoms with Gasteiger partial charge in [-0.2, -0.15) is 17.9 Å². The Kier molecular flexibility index (Phi) is 5.75. The van der Waals surface area contributed by atoms with Crippen LogP contribution in [-0.4, -0.2) is 39.7 Å². The third-order valence-electron chi connectivity index (χ3n) is 6.71. The molecule has 0 amide bonds. The molecular formula is C25H19ClF3N9O. The molecule has 5 aromatic rings. The molecule has 3 N–H and O–H groups in total. The predicted molar refractivity (Wildman–Crippen MR) is 136 cm³/mol. The molecular weight excluding hydrogens is 535 g/mol. The summed E-state index contributed by atoms with van der Waals surface area (Å²) >= 11 is 6.27. The maximum absolute atomic E-state index is 13.6. The first-order valence-corrected chi connectivity index (χ1v) is 12.2. The van der Waals surface area contributed by atoms with Crippen molar-refractivity contribution in [1.82, 2.24) is 39.7 Å². The van der Waals surface area contributed by atoms with Crippen molar-refractivity contribution in [2.45, 2.75) is 25.6 Å². The molecule has 0 saturated heterocycles. The summed E-state index contributed by atoms with van der Waals surface area (Å²) in [5, 5.41) is 11.8. The van der Waals surface area contributed by atoms with Crippen molar-refractivity contribution >= 4 is 17.4 Å². The van der Waals surface area contributed by atoms with Gasteiger partial charge in [-0.1, -0.05) is 18.5 Å². The minimum atomic E-state index is -4.71. The minimum absolute atomic E-state index is 0.0723. The quantitative estimate of drug-likeness (QED) is 0.339. The van der Waals surface area contributed by atoms with E-state index in [1.54, 1.807) is 22.8 Å². The van der Waals surface area contributed by atoms with Gasteiger partial charge in [0.05, 0.1) is 23.6 Å². The van der Waals surface area contributed by atoms with E-state index in [1.165, 1.54) is 35.4 Å². The molecule has 39 heavy (non-hydrogen) atoms. The first-order chi connectivity index (χ1) is 18.6. The summed E-state index contributed by atoms with van der Waals surface area (Å²) in [4.78, 5) is 24.3. The van der Waals surface area contributed by atoms with Gasteiger partial charge in [0.2, 0.25) is 0 Å². The first-order valence-electron chi connectivity index (χ1n) is 11.8. The number of aromatic amines is 1. The zero-order valence-corrected chi connectivity index (χ0v) is 20.9. The molecule has 0 aliphatic carbocycles. The van der Waals surface area contributed by atoms with Gasteiger partial charge in [0.1, 0.15) is 18.0 Å². The number of imidazole rings is 1. The summed E-state index contributed by atoms with van der Waals surface area (Å²) in [7, 11) is 0. The summed E-state index contributed by atoms with van der Waals surface area (Å²) in [6.45, 7) is 1.96. The van der Waals surface area contributed by atoms with Crippen LogP contribution in [0, 0.1) is 5.92 Å². The fourth-order valence-electron chi connectivity index (χ4n) is 5.09. The topological polar surface area (TPSA) is 133 Å². The number of anilines is 1. The molecule has 1 aliphatic rings. The number of tetrazole rings is 1. The van der Waals surface area contributed by atoms with Crippen molar-refractivity contribution in [3.63, 3.8) is 0 Å². The first kappa shape index (κ1) is 24.8. The van der Waals surface area contributed by atoms with Crippen molar-refractivity contribution < 1.29 is 13.2 Å². The highest BCUT2D eigenvalue weighted by molar-refractivity contribution is 6.31. The van der Waals surface area contributed by atoms with Crippen molar-refractivity contribution in [2.75, 3.05) is 5.73 Å². The Morgan fingerprint density at radius 3 is 2.69 bits per heavy atom. The number of benzene rings is 1. The number of pyridine rings is 2. The van der Waals surface area contributed by atoms with Crippen molar-refractivity contribution in [1.29, 1.82) is 0 Å². The van der Waals surface area contributed by atoms with Crippen molar-refractivity contribution in [3.05, 3.63) is 87.6 Å². The number of hydrogen-bond donors (Lipinski definition) is 2. The molecule has 14 heteroatoms. The number of nitrogen functional groups attached to an aromatic ring is 1. The largest absolute Gasteiger partial charge is 0.434 e. The van der Waals surface area contributed by atoms with Gasteiger partial charge in [-0.05, 0) is 64.7 Å². The van der Waals surface area contributed by atoms with Crippen LogP contribution in [0.4, 0.5) is 19.0 Å². The van der Waals surface area contributed by atoms with Gasteiger partial charge in [0, 0.05) is 27.9 Å². The zero-order chi connectivity index (χ0) is 27.5. The summed E-state index contributed by atoms with van der Waals surface area (Å²) < 4.78 is 44.0. The van der Waals surface area contributed by atoms with E-state index in [0.29, 0.717) is 34.1 Å². The molecule has 6 rings (SSSR count). The zero-order valence-electron chi connectivity index (χ0n) is 20.2. The summed E-state index contributed by atoms with van der Waals surface area (Å²) in [5.74, 6) is 0.0552. The molecule has 1 aliphatic heterocycles. The van der Waals surface area contributed by atoms with Gasteiger partial charge in [-0.15, -0.1) is 5.10 Å². The Bertz CT molecular complexity index is 1760. The average Bonchev–Trinajstić information content (AvgIpc) is 3.63. The second-order valence-corrected chi connectivity index (χ2v) is 9.73. The van der Waals surface area contributed by atoms with E-state index in [0.717, 1.165) is 5.69 Å². The van der Waals surface area contributed by atoms with Crippen LogP contribution in [0.15, 0.2) is 59.8 Å². The standard InChI is InChI=1S/C25H19ClF3N9O/c1-12-6-15-7-13(17-9-14(26)2-4-19(17)37-11-32-35-36-37)8-21(39)38(15)22(12)24-31-10-18(33-24)16-3-5-20(30)34-23(16)25(27,28)29/h2-5,7-12,22H,6H2,1H3,(H2,30,34)(H,31,33)/t12-,22-/m0/s1. The van der Waals surface area contributed by atoms with E-state index in [9.17, 15) is 18.0 Å². The average molecular weight is 554 g/mol. The minimum Gasteiger partial charge on any atom is -0.384 e. The maximum atomic E-state index is 13.6. The molecule has 5 heterocycles. The maximum Gasteiger partial charge on any atom is 0.434 e. The molecule has 0 radical (unpaired) electrons. The number of hydrogen-bond acceptors (Lipinski definition) is 7. The second kappa shape index (κ2) is 9.05. The number of fused-ring (bicyclic) bond motifs is 1. The van der Waals surface area contributed by atoms with E-state index < -0.39 is 17.9 Å². The lowest BCUT2D eigenvalue weighted by molar-refractivity contribution is -0.140. The Hall–Kier alpha value is -4.52. The molecule has 10 nitrogen and oxygen atoms in total. The van der Waals surface area contributed by atoms with Crippen LogP contribution in [-0.2, 0) is 12.6 Å². The van der Waals surface area contributed by atoms with Crippen LogP contribution in [0.5, 0.6) is 0 Å². The highest BCUT2D eigenvalue weighted by atomic mass is 35.5. The Morgan fingerprint density at radius 2 is 1.95 bits per heavy atom. The van der Waals surface area contributed by atoms with Crippen LogP contribution in [0.25, 0.3) is 28.1 Å². The van der Waals surface area contributed by atoms with Gasteiger partial charge < -0.3 is 15.3 Å². The van der Waals surface area contributed by atoms with E-state index in [-0.39, 0.29) is 28.6 Å². The fraction of sp³-hybridized carbons (Fsp3) is 0.200. The van der Waals surface area contributed by atoms with Crippen LogP contribution in [0.1, 0.15) is 30.2 Å². The third-order valence-corrected chi connectivity index (χ3v) is 6.95. The van der Waals surface area contributed by atoms with E-state index in [2.05, 4.69) is 30.5 Å². The molecule has 0 bridgehead atoms. The van der Waals surface area contributed by atoms with E-state index >= 15 is 0 Å². The van der Waals surface area contributed by atoms with Gasteiger partial charge in [-0.25, -0.2) is 9.97 Å². The number of alkyl halides is 3. The molecule has 0 spiro atoms. The van der Waals surface area contributed by atoms with E-state index in [4.69, 9.17) is 17.3 Å². The number of halogens is 4. The van der Waals surface area contributed by atoms with E-state index in [1.807, 2.05) is 13.0 Å².